The first-order valence-electron chi connectivity index (χ1n) is 3.51. The largest absolute Gasteiger partial charge is 0.345 e. The van der Waals surface area contributed by atoms with Crippen molar-refractivity contribution in [1.82, 2.24) is 15.5 Å². The van der Waals surface area contributed by atoms with Gasteiger partial charge in [-0.1, -0.05) is 29.5 Å². The Morgan fingerprint density at radius 1 is 1.69 bits per heavy atom. The fourth-order valence-corrected chi connectivity index (χ4v) is 1.31. The average molecular weight is 218 g/mol. The van der Waals surface area contributed by atoms with E-state index in [0.717, 1.165) is 5.01 Å². The molecule has 1 N–H and O–H groups in total. The first kappa shape index (κ1) is 10.1. The quantitative estimate of drug-likeness (QED) is 0.831. The van der Waals surface area contributed by atoms with Gasteiger partial charge in [-0.05, 0) is 6.92 Å². The normalized spacial score (nSPS) is 9.69. The third kappa shape index (κ3) is 3.12. The van der Waals surface area contributed by atoms with Gasteiger partial charge in [0.05, 0.1) is 6.54 Å². The van der Waals surface area contributed by atoms with E-state index in [0.29, 0.717) is 10.0 Å². The van der Waals surface area contributed by atoms with Crippen molar-refractivity contribution in [2.45, 2.75) is 6.92 Å². The summed E-state index contributed by atoms with van der Waals surface area (Å²) >= 11 is 6.71. The minimum Gasteiger partial charge on any atom is -0.345 e. The monoisotopic (exact) mass is 217 g/mol. The van der Waals surface area contributed by atoms with E-state index >= 15 is 0 Å². The minimum atomic E-state index is -0.271. The van der Waals surface area contributed by atoms with Gasteiger partial charge in [0.25, 0.3) is 5.91 Å². The Balaban J connectivity index is 2.54. The third-order valence-electron chi connectivity index (χ3n) is 1.16. The second-order valence-electron chi connectivity index (χ2n) is 2.33. The van der Waals surface area contributed by atoms with Gasteiger partial charge in [-0.3, -0.25) is 4.79 Å². The number of halogens is 1. The number of nitrogens with one attached hydrogen (secondary N) is 1. The van der Waals surface area contributed by atoms with Gasteiger partial charge in [-0.2, -0.15) is 0 Å². The first-order chi connectivity index (χ1) is 6.09. The Bertz CT molecular complexity index is 336. The average Bonchev–Trinajstić information content (AvgIpc) is 2.47. The summed E-state index contributed by atoms with van der Waals surface area (Å²) in [6, 6.07) is 0. The summed E-state index contributed by atoms with van der Waals surface area (Å²) in [6.07, 6.45) is 0. The molecule has 13 heavy (non-hydrogen) atoms. The molecule has 4 nitrogen and oxygen atoms in total. The summed E-state index contributed by atoms with van der Waals surface area (Å²) in [6.45, 7) is 5.48. The first-order valence-corrected chi connectivity index (χ1v) is 4.70. The van der Waals surface area contributed by atoms with Crippen LogP contribution in [0.25, 0.3) is 0 Å². The Labute approximate surface area is 84.6 Å². The number of hydrogen-bond donors (Lipinski definition) is 1. The molecule has 1 aromatic heterocycles. The van der Waals surface area contributed by atoms with Crippen LogP contribution in [0.5, 0.6) is 0 Å². The molecular weight excluding hydrogens is 210 g/mol. The molecule has 0 aromatic carbocycles. The molecule has 0 atom stereocenters. The number of hydrogen-bond acceptors (Lipinski definition) is 4. The lowest BCUT2D eigenvalue weighted by Gasteiger charge is -1.98. The molecule has 0 radical (unpaired) electrons. The van der Waals surface area contributed by atoms with E-state index in [-0.39, 0.29) is 12.5 Å². The van der Waals surface area contributed by atoms with Crippen LogP contribution in [0.4, 0.5) is 0 Å². The maximum absolute atomic E-state index is 11.3. The molecule has 1 rings (SSSR count). The topological polar surface area (TPSA) is 54.9 Å². The lowest BCUT2D eigenvalue weighted by Crippen LogP contribution is -2.24. The number of amides is 1. The highest BCUT2D eigenvalue weighted by Crippen LogP contribution is 2.07. The summed E-state index contributed by atoms with van der Waals surface area (Å²) in [5.74, 6) is -0.271. The molecule has 0 fully saturated rings. The molecule has 70 valence electrons. The van der Waals surface area contributed by atoms with Crippen LogP contribution in [-0.2, 0) is 0 Å². The van der Waals surface area contributed by atoms with Crippen molar-refractivity contribution in [2.75, 3.05) is 6.54 Å². The van der Waals surface area contributed by atoms with Crippen LogP contribution in [0, 0.1) is 6.92 Å². The minimum absolute atomic E-state index is 0.249. The van der Waals surface area contributed by atoms with Crippen LogP contribution in [0.2, 0.25) is 0 Å². The molecule has 6 heteroatoms. The Morgan fingerprint density at radius 2 is 2.38 bits per heavy atom. The van der Waals surface area contributed by atoms with Gasteiger partial charge in [0.1, 0.15) is 5.01 Å². The number of rotatable bonds is 3. The maximum Gasteiger partial charge on any atom is 0.282 e. The number of carbonyl (C=O) groups excluding carboxylic acids is 1. The van der Waals surface area contributed by atoms with Gasteiger partial charge < -0.3 is 5.32 Å². The van der Waals surface area contributed by atoms with E-state index in [2.05, 4.69) is 22.1 Å². The van der Waals surface area contributed by atoms with Crippen LogP contribution >= 0.6 is 22.9 Å². The van der Waals surface area contributed by atoms with E-state index in [1.165, 1.54) is 11.3 Å². The van der Waals surface area contributed by atoms with Crippen molar-refractivity contribution in [3.05, 3.63) is 21.6 Å². The number of carbonyl (C=O) groups is 1. The summed E-state index contributed by atoms with van der Waals surface area (Å²) in [4.78, 5) is 11.3. The van der Waals surface area contributed by atoms with Crippen molar-refractivity contribution in [3.8, 4) is 0 Å². The summed E-state index contributed by atoms with van der Waals surface area (Å²) in [5, 5.41) is 11.4. The van der Waals surface area contributed by atoms with Crippen LogP contribution in [0.3, 0.4) is 0 Å². The molecule has 0 unspecified atom stereocenters. The molecule has 1 amide bonds. The molecule has 1 heterocycles. The van der Waals surface area contributed by atoms with Crippen LogP contribution < -0.4 is 5.32 Å². The molecule has 0 aliphatic carbocycles. The molecule has 0 aliphatic heterocycles. The summed E-state index contributed by atoms with van der Waals surface area (Å²) in [7, 11) is 0. The van der Waals surface area contributed by atoms with Crippen LogP contribution in [0.1, 0.15) is 14.8 Å². The SMILES string of the molecule is C=C(Cl)CNC(=O)c1nnc(C)s1. The lowest BCUT2D eigenvalue weighted by molar-refractivity contribution is 0.0956. The molecule has 0 saturated heterocycles. The Morgan fingerprint density at radius 3 is 2.85 bits per heavy atom. The lowest BCUT2D eigenvalue weighted by atomic mass is 10.5. The Kier molecular flexibility index (Phi) is 3.39. The standard InChI is InChI=1S/C7H8ClN3OS/c1-4(8)3-9-6(12)7-11-10-5(2)13-7/h1,3H2,2H3,(H,9,12). The highest BCUT2D eigenvalue weighted by atomic mass is 35.5. The van der Waals surface area contributed by atoms with Crippen LogP contribution in [-0.4, -0.2) is 22.6 Å². The fraction of sp³-hybridized carbons (Fsp3) is 0.286. The van der Waals surface area contributed by atoms with Gasteiger partial charge in [0.15, 0.2) is 0 Å². The maximum atomic E-state index is 11.3. The van der Waals surface area contributed by atoms with Gasteiger partial charge in [0.2, 0.25) is 5.01 Å². The second kappa shape index (κ2) is 4.34. The highest BCUT2D eigenvalue weighted by molar-refractivity contribution is 7.13. The van der Waals surface area contributed by atoms with Crippen molar-refractivity contribution in [1.29, 1.82) is 0 Å². The van der Waals surface area contributed by atoms with Crippen LogP contribution in [0.15, 0.2) is 11.6 Å². The van der Waals surface area contributed by atoms with Gasteiger partial charge in [0, 0.05) is 5.03 Å². The van der Waals surface area contributed by atoms with E-state index in [9.17, 15) is 4.79 Å². The van der Waals surface area contributed by atoms with E-state index in [1.807, 2.05) is 0 Å². The number of aryl methyl sites for hydroxylation is 1. The van der Waals surface area contributed by atoms with E-state index < -0.39 is 0 Å². The number of aromatic nitrogens is 2. The highest BCUT2D eigenvalue weighted by Gasteiger charge is 2.09. The van der Waals surface area contributed by atoms with Gasteiger partial charge in [-0.25, -0.2) is 0 Å². The molecule has 0 bridgehead atoms. The van der Waals surface area contributed by atoms with Crippen molar-refractivity contribution in [2.24, 2.45) is 0 Å². The fourth-order valence-electron chi connectivity index (χ4n) is 0.640. The van der Waals surface area contributed by atoms with Crippen molar-refractivity contribution in [3.63, 3.8) is 0 Å². The molecule has 0 spiro atoms. The Hall–Kier alpha value is -0.940. The van der Waals surface area contributed by atoms with E-state index in [4.69, 9.17) is 11.6 Å². The van der Waals surface area contributed by atoms with E-state index in [1.54, 1.807) is 6.92 Å². The van der Waals surface area contributed by atoms with Crippen molar-refractivity contribution >= 4 is 28.8 Å². The smallest absolute Gasteiger partial charge is 0.282 e. The predicted molar refractivity (Wildman–Crippen MR) is 52.0 cm³/mol. The zero-order valence-corrected chi connectivity index (χ0v) is 8.58. The van der Waals surface area contributed by atoms with Gasteiger partial charge >= 0.3 is 0 Å². The second-order valence-corrected chi connectivity index (χ2v) is 4.04. The third-order valence-corrected chi connectivity index (χ3v) is 2.13. The number of nitrogens with zero attached hydrogens (tertiary/aromatic N) is 2. The summed E-state index contributed by atoms with van der Waals surface area (Å²) in [5.41, 5.74) is 0. The van der Waals surface area contributed by atoms with Crippen molar-refractivity contribution < 1.29 is 4.79 Å². The summed E-state index contributed by atoms with van der Waals surface area (Å²) < 4.78 is 0. The van der Waals surface area contributed by atoms with Gasteiger partial charge in [-0.15, -0.1) is 10.2 Å². The molecular formula is C7H8ClN3OS. The molecule has 0 saturated carbocycles. The zero-order valence-electron chi connectivity index (χ0n) is 7.00. The predicted octanol–water partition coefficient (Wildman–Crippen LogP) is 1.33. The zero-order chi connectivity index (χ0) is 9.84. The molecule has 0 aliphatic rings. The molecule has 1 aromatic rings.